The lowest BCUT2D eigenvalue weighted by Gasteiger charge is -2.14. The van der Waals surface area contributed by atoms with E-state index in [0.717, 1.165) is 18.4 Å². The summed E-state index contributed by atoms with van der Waals surface area (Å²) >= 11 is 0. The molecule has 0 aliphatic carbocycles. The Bertz CT molecular complexity index is 558. The van der Waals surface area contributed by atoms with Crippen molar-refractivity contribution >= 4 is 0 Å². The third-order valence-electron chi connectivity index (χ3n) is 3.13. The second-order valence-electron chi connectivity index (χ2n) is 4.59. The number of hydrogen-bond acceptors (Lipinski definition) is 4. The van der Waals surface area contributed by atoms with Gasteiger partial charge in [0.15, 0.2) is 11.5 Å². The molecule has 1 atom stereocenters. The van der Waals surface area contributed by atoms with E-state index in [1.54, 1.807) is 13.3 Å². The van der Waals surface area contributed by atoms with Crippen molar-refractivity contribution in [2.24, 2.45) is 5.73 Å². The van der Waals surface area contributed by atoms with Gasteiger partial charge in [0.05, 0.1) is 7.11 Å². The standard InChI is InChI=1S/C16H20N2O2/c1-3-13(17)11-12-7-6-10-18-16(12)20-15-9-5-4-8-14(15)19-2/h4-10,13H,3,11,17H2,1-2H3. The maximum absolute atomic E-state index is 6.02. The zero-order chi connectivity index (χ0) is 14.4. The minimum Gasteiger partial charge on any atom is -0.493 e. The van der Waals surface area contributed by atoms with Gasteiger partial charge in [-0.1, -0.05) is 25.1 Å². The van der Waals surface area contributed by atoms with Crippen LogP contribution in [-0.4, -0.2) is 18.1 Å². The second-order valence-corrected chi connectivity index (χ2v) is 4.59. The van der Waals surface area contributed by atoms with Crippen LogP contribution in [0.15, 0.2) is 42.6 Å². The van der Waals surface area contributed by atoms with Crippen LogP contribution >= 0.6 is 0 Å². The van der Waals surface area contributed by atoms with Crippen LogP contribution in [0.25, 0.3) is 0 Å². The van der Waals surface area contributed by atoms with Crippen LogP contribution < -0.4 is 15.2 Å². The van der Waals surface area contributed by atoms with E-state index in [0.29, 0.717) is 17.4 Å². The summed E-state index contributed by atoms with van der Waals surface area (Å²) in [6.45, 7) is 2.07. The second kappa shape index (κ2) is 6.91. The quantitative estimate of drug-likeness (QED) is 0.877. The number of pyridine rings is 1. The first kappa shape index (κ1) is 14.3. The van der Waals surface area contributed by atoms with Gasteiger partial charge in [0.1, 0.15) is 0 Å². The van der Waals surface area contributed by atoms with Gasteiger partial charge in [-0.3, -0.25) is 0 Å². The summed E-state index contributed by atoms with van der Waals surface area (Å²) in [5.41, 5.74) is 7.02. The average Bonchev–Trinajstić information content (AvgIpc) is 2.49. The van der Waals surface area contributed by atoms with Crippen LogP contribution in [0.3, 0.4) is 0 Å². The van der Waals surface area contributed by atoms with Crippen molar-refractivity contribution in [2.75, 3.05) is 7.11 Å². The first-order valence-corrected chi connectivity index (χ1v) is 6.75. The molecule has 106 valence electrons. The molecule has 20 heavy (non-hydrogen) atoms. The van der Waals surface area contributed by atoms with E-state index < -0.39 is 0 Å². The van der Waals surface area contributed by atoms with Crippen LogP contribution in [-0.2, 0) is 6.42 Å². The molecule has 4 heteroatoms. The molecular formula is C16H20N2O2. The largest absolute Gasteiger partial charge is 0.493 e. The van der Waals surface area contributed by atoms with Gasteiger partial charge in [-0.25, -0.2) is 4.98 Å². The van der Waals surface area contributed by atoms with E-state index in [9.17, 15) is 0 Å². The lowest BCUT2D eigenvalue weighted by atomic mass is 10.1. The molecule has 0 fully saturated rings. The molecule has 0 saturated heterocycles. The number of ether oxygens (including phenoxy) is 2. The van der Waals surface area contributed by atoms with Crippen LogP contribution in [0.4, 0.5) is 0 Å². The average molecular weight is 272 g/mol. The van der Waals surface area contributed by atoms with Crippen molar-refractivity contribution in [3.8, 4) is 17.4 Å². The van der Waals surface area contributed by atoms with Crippen molar-refractivity contribution in [3.05, 3.63) is 48.2 Å². The molecule has 0 bridgehead atoms. The van der Waals surface area contributed by atoms with Gasteiger partial charge in [-0.05, 0) is 31.0 Å². The molecule has 0 aliphatic heterocycles. The number of nitrogens with two attached hydrogens (primary N) is 1. The first-order chi connectivity index (χ1) is 9.74. The Labute approximate surface area is 119 Å². The van der Waals surface area contributed by atoms with E-state index in [1.807, 2.05) is 36.4 Å². The van der Waals surface area contributed by atoms with Crippen molar-refractivity contribution < 1.29 is 9.47 Å². The molecule has 4 nitrogen and oxygen atoms in total. The number of methoxy groups -OCH3 is 1. The fourth-order valence-electron chi connectivity index (χ4n) is 1.91. The van der Waals surface area contributed by atoms with Crippen LogP contribution in [0.1, 0.15) is 18.9 Å². The predicted molar refractivity (Wildman–Crippen MR) is 79.3 cm³/mol. The zero-order valence-corrected chi connectivity index (χ0v) is 11.9. The topological polar surface area (TPSA) is 57.4 Å². The molecule has 0 radical (unpaired) electrons. The fourth-order valence-corrected chi connectivity index (χ4v) is 1.91. The lowest BCUT2D eigenvalue weighted by Crippen LogP contribution is -2.21. The summed E-state index contributed by atoms with van der Waals surface area (Å²) in [5, 5.41) is 0. The number of para-hydroxylation sites is 2. The highest BCUT2D eigenvalue weighted by Gasteiger charge is 2.11. The van der Waals surface area contributed by atoms with Crippen LogP contribution in [0, 0.1) is 0 Å². The summed E-state index contributed by atoms with van der Waals surface area (Å²) in [7, 11) is 1.62. The Morgan fingerprint density at radius 2 is 1.90 bits per heavy atom. The third-order valence-corrected chi connectivity index (χ3v) is 3.13. The molecule has 0 aliphatic rings. The Morgan fingerprint density at radius 1 is 1.15 bits per heavy atom. The number of hydrogen-bond donors (Lipinski definition) is 1. The Morgan fingerprint density at radius 3 is 2.60 bits per heavy atom. The van der Waals surface area contributed by atoms with Crippen molar-refractivity contribution in [1.29, 1.82) is 0 Å². The maximum Gasteiger partial charge on any atom is 0.222 e. The van der Waals surface area contributed by atoms with Crippen LogP contribution in [0.5, 0.6) is 17.4 Å². The van der Waals surface area contributed by atoms with Gasteiger partial charge in [0.2, 0.25) is 5.88 Å². The molecule has 0 amide bonds. The van der Waals surface area contributed by atoms with Crippen molar-refractivity contribution in [2.45, 2.75) is 25.8 Å². The van der Waals surface area contributed by atoms with Gasteiger partial charge in [0, 0.05) is 17.8 Å². The third kappa shape index (κ3) is 3.48. The van der Waals surface area contributed by atoms with Crippen molar-refractivity contribution in [1.82, 2.24) is 4.98 Å². The number of aromatic nitrogens is 1. The lowest BCUT2D eigenvalue weighted by molar-refractivity contribution is 0.372. The normalized spacial score (nSPS) is 11.9. The molecule has 2 rings (SSSR count). The molecule has 2 N–H and O–H groups in total. The fraction of sp³-hybridized carbons (Fsp3) is 0.312. The maximum atomic E-state index is 6.02. The highest BCUT2D eigenvalue weighted by atomic mass is 16.5. The van der Waals surface area contributed by atoms with Gasteiger partial charge in [-0.15, -0.1) is 0 Å². The zero-order valence-electron chi connectivity index (χ0n) is 11.9. The van der Waals surface area contributed by atoms with E-state index in [1.165, 1.54) is 0 Å². The molecule has 0 saturated carbocycles. The van der Waals surface area contributed by atoms with Gasteiger partial charge in [0.25, 0.3) is 0 Å². The monoisotopic (exact) mass is 272 g/mol. The molecule has 2 aromatic rings. The van der Waals surface area contributed by atoms with Gasteiger partial charge in [-0.2, -0.15) is 0 Å². The summed E-state index contributed by atoms with van der Waals surface area (Å²) in [5.74, 6) is 1.92. The summed E-state index contributed by atoms with van der Waals surface area (Å²) in [6, 6.07) is 11.5. The highest BCUT2D eigenvalue weighted by molar-refractivity contribution is 5.42. The molecule has 1 unspecified atom stereocenters. The number of benzene rings is 1. The molecule has 1 aromatic heterocycles. The Kier molecular flexibility index (Phi) is 4.96. The SMILES string of the molecule is CCC(N)Cc1cccnc1Oc1ccccc1OC. The minimum absolute atomic E-state index is 0.110. The minimum atomic E-state index is 0.110. The van der Waals surface area contributed by atoms with Gasteiger partial charge < -0.3 is 15.2 Å². The molecule has 0 spiro atoms. The van der Waals surface area contributed by atoms with Gasteiger partial charge >= 0.3 is 0 Å². The smallest absolute Gasteiger partial charge is 0.222 e. The van der Waals surface area contributed by atoms with E-state index in [2.05, 4.69) is 11.9 Å². The van der Waals surface area contributed by atoms with E-state index in [-0.39, 0.29) is 6.04 Å². The molecular weight excluding hydrogens is 252 g/mol. The van der Waals surface area contributed by atoms with Crippen LogP contribution in [0.2, 0.25) is 0 Å². The summed E-state index contributed by atoms with van der Waals surface area (Å²) in [6.07, 6.45) is 3.38. The highest BCUT2D eigenvalue weighted by Crippen LogP contribution is 2.31. The Hall–Kier alpha value is -2.07. The number of nitrogens with zero attached hydrogens (tertiary/aromatic N) is 1. The predicted octanol–water partition coefficient (Wildman–Crippen LogP) is 3.16. The Balaban J connectivity index is 2.24. The van der Waals surface area contributed by atoms with Crippen molar-refractivity contribution in [3.63, 3.8) is 0 Å². The molecule has 1 heterocycles. The summed E-state index contributed by atoms with van der Waals surface area (Å²) in [4.78, 5) is 4.30. The number of rotatable bonds is 6. The van der Waals surface area contributed by atoms with E-state index in [4.69, 9.17) is 15.2 Å². The summed E-state index contributed by atoms with van der Waals surface area (Å²) < 4.78 is 11.2. The van der Waals surface area contributed by atoms with E-state index >= 15 is 0 Å². The first-order valence-electron chi connectivity index (χ1n) is 6.75. The molecule has 1 aromatic carbocycles.